The first kappa shape index (κ1) is 11.3. The standard InChI is InChI=1S/C8H15F2N3O/c1-2-6-3-13(4-6)5-8(9,10)7(14)12-11/h6H,2-5,11H2,1H3,(H,12,14). The number of nitrogens with two attached hydrogens (primary N) is 1. The lowest BCUT2D eigenvalue weighted by Crippen LogP contribution is -2.56. The van der Waals surface area contributed by atoms with E-state index in [1.807, 2.05) is 6.92 Å². The number of likely N-dealkylation sites (tertiary alicyclic amines) is 1. The summed E-state index contributed by atoms with van der Waals surface area (Å²) in [5.41, 5.74) is 1.47. The molecule has 6 heteroatoms. The Balaban J connectivity index is 2.34. The number of amides is 1. The molecule has 0 aliphatic carbocycles. The molecule has 1 fully saturated rings. The van der Waals surface area contributed by atoms with Gasteiger partial charge in [0.1, 0.15) is 0 Å². The van der Waals surface area contributed by atoms with Crippen molar-refractivity contribution in [1.82, 2.24) is 10.3 Å². The van der Waals surface area contributed by atoms with E-state index in [0.29, 0.717) is 19.0 Å². The Hall–Kier alpha value is -0.750. The second kappa shape index (κ2) is 4.18. The van der Waals surface area contributed by atoms with E-state index in [4.69, 9.17) is 0 Å². The normalized spacial score (nSPS) is 19.1. The molecule has 1 amide bonds. The largest absolute Gasteiger partial charge is 0.338 e. The third kappa shape index (κ3) is 2.39. The molecule has 4 nitrogen and oxygen atoms in total. The van der Waals surface area contributed by atoms with Crippen molar-refractivity contribution >= 4 is 5.91 Å². The summed E-state index contributed by atoms with van der Waals surface area (Å²) in [6.45, 7) is 2.77. The molecule has 0 aromatic carbocycles. The molecule has 82 valence electrons. The highest BCUT2D eigenvalue weighted by Crippen LogP contribution is 2.23. The zero-order valence-corrected chi connectivity index (χ0v) is 8.09. The summed E-state index contributed by atoms with van der Waals surface area (Å²) >= 11 is 0. The Kier molecular flexibility index (Phi) is 3.38. The van der Waals surface area contributed by atoms with Gasteiger partial charge in [-0.3, -0.25) is 15.1 Å². The Labute approximate surface area is 81.4 Å². The zero-order valence-electron chi connectivity index (χ0n) is 8.09. The Morgan fingerprint density at radius 1 is 1.64 bits per heavy atom. The van der Waals surface area contributed by atoms with Crippen LogP contribution in [0.4, 0.5) is 8.78 Å². The van der Waals surface area contributed by atoms with Crippen LogP contribution in [0.25, 0.3) is 0 Å². The SMILES string of the molecule is CCC1CN(CC(F)(F)C(=O)NN)C1. The van der Waals surface area contributed by atoms with Crippen molar-refractivity contribution in [3.8, 4) is 0 Å². The van der Waals surface area contributed by atoms with Crippen LogP contribution in [0.5, 0.6) is 0 Å². The smallest absolute Gasteiger partial charge is 0.296 e. The van der Waals surface area contributed by atoms with Crippen molar-refractivity contribution in [3.63, 3.8) is 0 Å². The van der Waals surface area contributed by atoms with Gasteiger partial charge in [-0.05, 0) is 5.92 Å². The van der Waals surface area contributed by atoms with Gasteiger partial charge in [0, 0.05) is 13.1 Å². The number of nitrogens with zero attached hydrogens (tertiary/aromatic N) is 1. The highest BCUT2D eigenvalue weighted by atomic mass is 19.3. The van der Waals surface area contributed by atoms with E-state index in [2.05, 4.69) is 5.84 Å². The second-order valence-corrected chi connectivity index (χ2v) is 3.65. The first-order chi connectivity index (χ1) is 6.49. The molecule has 0 radical (unpaired) electrons. The lowest BCUT2D eigenvalue weighted by atomic mass is 9.97. The molecule has 0 bridgehead atoms. The maximum atomic E-state index is 13.0. The van der Waals surface area contributed by atoms with E-state index in [-0.39, 0.29) is 0 Å². The monoisotopic (exact) mass is 207 g/mol. The van der Waals surface area contributed by atoms with Crippen molar-refractivity contribution in [3.05, 3.63) is 0 Å². The van der Waals surface area contributed by atoms with Crippen molar-refractivity contribution in [1.29, 1.82) is 0 Å². The van der Waals surface area contributed by atoms with Crippen LogP contribution in [0.3, 0.4) is 0 Å². The predicted molar refractivity (Wildman–Crippen MR) is 47.5 cm³/mol. The first-order valence-corrected chi connectivity index (χ1v) is 4.60. The summed E-state index contributed by atoms with van der Waals surface area (Å²) in [6, 6.07) is 0. The topological polar surface area (TPSA) is 58.4 Å². The number of halogens is 2. The molecular weight excluding hydrogens is 192 g/mol. The van der Waals surface area contributed by atoms with Crippen molar-refractivity contribution in [2.24, 2.45) is 11.8 Å². The lowest BCUT2D eigenvalue weighted by molar-refractivity contribution is -0.151. The molecule has 1 rings (SSSR count). The average molecular weight is 207 g/mol. The molecule has 0 aromatic heterocycles. The molecule has 14 heavy (non-hydrogen) atoms. The fourth-order valence-electron chi connectivity index (χ4n) is 1.52. The summed E-state index contributed by atoms with van der Waals surface area (Å²) in [5, 5.41) is 0. The zero-order chi connectivity index (χ0) is 10.8. The fraction of sp³-hybridized carbons (Fsp3) is 0.875. The molecule has 0 unspecified atom stereocenters. The van der Waals surface area contributed by atoms with Gasteiger partial charge in [0.2, 0.25) is 0 Å². The van der Waals surface area contributed by atoms with E-state index >= 15 is 0 Å². The molecule has 1 aliphatic heterocycles. The Bertz CT molecular complexity index is 217. The fourth-order valence-corrected chi connectivity index (χ4v) is 1.52. The highest BCUT2D eigenvalue weighted by molar-refractivity contribution is 5.83. The van der Waals surface area contributed by atoms with Crippen LogP contribution in [0, 0.1) is 5.92 Å². The van der Waals surface area contributed by atoms with Crippen LogP contribution in [0.1, 0.15) is 13.3 Å². The van der Waals surface area contributed by atoms with Gasteiger partial charge in [0.25, 0.3) is 0 Å². The average Bonchev–Trinajstić information content (AvgIpc) is 2.09. The molecule has 1 saturated heterocycles. The number of hydrogen-bond donors (Lipinski definition) is 2. The molecule has 3 N–H and O–H groups in total. The minimum atomic E-state index is -3.38. The number of carbonyl (C=O) groups is 1. The summed E-state index contributed by atoms with van der Waals surface area (Å²) in [5.74, 6) is 0.341. The molecule has 1 aliphatic rings. The van der Waals surface area contributed by atoms with E-state index in [1.54, 1.807) is 4.90 Å². The minimum absolute atomic E-state index is 0.492. The lowest BCUT2D eigenvalue weighted by Gasteiger charge is -2.40. The second-order valence-electron chi connectivity index (χ2n) is 3.65. The van der Waals surface area contributed by atoms with Gasteiger partial charge < -0.3 is 0 Å². The number of rotatable bonds is 4. The molecule has 0 spiro atoms. The predicted octanol–water partition coefficient (Wildman–Crippen LogP) is -0.0466. The molecule has 0 atom stereocenters. The van der Waals surface area contributed by atoms with Crippen LogP contribution < -0.4 is 11.3 Å². The number of carbonyl (C=O) groups excluding carboxylic acids is 1. The Morgan fingerprint density at radius 3 is 2.64 bits per heavy atom. The van der Waals surface area contributed by atoms with Crippen molar-refractivity contribution in [2.45, 2.75) is 19.3 Å². The number of alkyl halides is 2. The van der Waals surface area contributed by atoms with Gasteiger partial charge in [0.05, 0.1) is 6.54 Å². The van der Waals surface area contributed by atoms with Gasteiger partial charge >= 0.3 is 11.8 Å². The van der Waals surface area contributed by atoms with Crippen LogP contribution in [-0.2, 0) is 4.79 Å². The maximum absolute atomic E-state index is 13.0. The van der Waals surface area contributed by atoms with Gasteiger partial charge in [-0.15, -0.1) is 0 Å². The van der Waals surface area contributed by atoms with Gasteiger partial charge in [-0.2, -0.15) is 8.78 Å². The van der Waals surface area contributed by atoms with E-state index in [0.717, 1.165) is 6.42 Å². The number of nitrogens with one attached hydrogen (secondary N) is 1. The number of hydrogen-bond acceptors (Lipinski definition) is 3. The van der Waals surface area contributed by atoms with E-state index in [1.165, 1.54) is 5.43 Å². The highest BCUT2D eigenvalue weighted by Gasteiger charge is 2.42. The van der Waals surface area contributed by atoms with Gasteiger partial charge in [-0.25, -0.2) is 5.84 Å². The van der Waals surface area contributed by atoms with Gasteiger partial charge in [-0.1, -0.05) is 13.3 Å². The molecular formula is C8H15F2N3O. The quantitative estimate of drug-likeness (QED) is 0.386. The third-order valence-electron chi connectivity index (χ3n) is 2.50. The summed E-state index contributed by atoms with van der Waals surface area (Å²) in [4.78, 5) is 12.2. The number of hydrazine groups is 1. The summed E-state index contributed by atoms with van der Waals surface area (Å²) < 4.78 is 26.0. The maximum Gasteiger partial charge on any atom is 0.338 e. The minimum Gasteiger partial charge on any atom is -0.296 e. The Morgan fingerprint density at radius 2 is 2.21 bits per heavy atom. The van der Waals surface area contributed by atoms with Crippen LogP contribution >= 0.6 is 0 Å². The van der Waals surface area contributed by atoms with Crippen molar-refractivity contribution in [2.75, 3.05) is 19.6 Å². The summed E-state index contributed by atoms with van der Waals surface area (Å²) in [7, 11) is 0. The van der Waals surface area contributed by atoms with Gasteiger partial charge in [0.15, 0.2) is 0 Å². The van der Waals surface area contributed by atoms with Crippen molar-refractivity contribution < 1.29 is 13.6 Å². The van der Waals surface area contributed by atoms with E-state index < -0.39 is 18.4 Å². The molecule has 0 saturated carbocycles. The third-order valence-corrected chi connectivity index (χ3v) is 2.50. The molecule has 0 aromatic rings. The summed E-state index contributed by atoms with van der Waals surface area (Å²) in [6.07, 6.45) is 0.991. The van der Waals surface area contributed by atoms with Crippen LogP contribution in [0.2, 0.25) is 0 Å². The first-order valence-electron chi connectivity index (χ1n) is 4.60. The van der Waals surface area contributed by atoms with Crippen LogP contribution in [0.15, 0.2) is 0 Å². The molecule has 1 heterocycles. The van der Waals surface area contributed by atoms with Crippen LogP contribution in [-0.4, -0.2) is 36.4 Å². The van der Waals surface area contributed by atoms with E-state index in [9.17, 15) is 13.6 Å².